The van der Waals surface area contributed by atoms with Crippen molar-refractivity contribution in [3.8, 4) is 0 Å². The van der Waals surface area contributed by atoms with Gasteiger partial charge in [-0.3, -0.25) is 9.69 Å². The van der Waals surface area contributed by atoms with Crippen molar-refractivity contribution in [1.82, 2.24) is 9.88 Å². The molecule has 5 heteroatoms. The van der Waals surface area contributed by atoms with Crippen molar-refractivity contribution in [3.05, 3.63) is 59.6 Å². The third-order valence-corrected chi connectivity index (χ3v) is 4.99. The first-order chi connectivity index (χ1) is 11.1. The van der Waals surface area contributed by atoms with Crippen LogP contribution < -0.4 is 5.32 Å². The lowest BCUT2D eigenvalue weighted by Crippen LogP contribution is -2.32. The van der Waals surface area contributed by atoms with Crippen LogP contribution in [0.1, 0.15) is 18.0 Å². The van der Waals surface area contributed by atoms with Crippen molar-refractivity contribution in [2.75, 3.05) is 18.9 Å². The minimum Gasteiger partial charge on any atom is -0.325 e. The van der Waals surface area contributed by atoms with Crippen molar-refractivity contribution in [3.63, 3.8) is 0 Å². The number of nitrogens with zero attached hydrogens (tertiary/aromatic N) is 2. The summed E-state index contributed by atoms with van der Waals surface area (Å²) in [6, 6.07) is 17.7. The van der Waals surface area contributed by atoms with Gasteiger partial charge in [0, 0.05) is 5.69 Å². The molecule has 0 unspecified atom stereocenters. The van der Waals surface area contributed by atoms with E-state index >= 15 is 0 Å². The summed E-state index contributed by atoms with van der Waals surface area (Å²) in [5, 5.41) is 3.94. The van der Waals surface area contributed by atoms with E-state index in [4.69, 9.17) is 0 Å². The summed E-state index contributed by atoms with van der Waals surface area (Å²) in [6.45, 7) is 2.40. The smallest absolute Gasteiger partial charge is 0.238 e. The lowest BCUT2D eigenvalue weighted by molar-refractivity contribution is -0.117. The molecule has 0 bridgehead atoms. The Bertz CT molecular complexity index is 767. The molecule has 0 radical (unpaired) electrons. The minimum atomic E-state index is -0.0216. The highest BCUT2D eigenvalue weighted by molar-refractivity contribution is 7.18. The zero-order chi connectivity index (χ0) is 16.2. The average molecular weight is 325 g/mol. The monoisotopic (exact) mass is 325 g/mol. The maximum absolute atomic E-state index is 12.2. The van der Waals surface area contributed by atoms with Crippen molar-refractivity contribution in [2.24, 2.45) is 0 Å². The quantitative estimate of drug-likeness (QED) is 0.773. The van der Waals surface area contributed by atoms with E-state index in [1.165, 1.54) is 4.70 Å². The van der Waals surface area contributed by atoms with E-state index in [0.29, 0.717) is 6.54 Å². The molecule has 23 heavy (non-hydrogen) atoms. The molecule has 4 nitrogen and oxygen atoms in total. The second kappa shape index (κ2) is 6.89. The van der Waals surface area contributed by atoms with Crippen LogP contribution in [0.15, 0.2) is 54.6 Å². The van der Waals surface area contributed by atoms with Crippen molar-refractivity contribution < 1.29 is 4.79 Å². The second-order valence-electron chi connectivity index (χ2n) is 5.53. The lowest BCUT2D eigenvalue weighted by atomic mass is 10.3. The van der Waals surface area contributed by atoms with Gasteiger partial charge in [-0.1, -0.05) is 30.3 Å². The first-order valence-electron chi connectivity index (χ1n) is 7.54. The molecule has 118 valence electrons. The standard InChI is InChI=1S/C18H19N3OS/c1-13(18-20-15-10-6-7-11-16(15)23-18)21(2)12-17(22)19-14-8-4-3-5-9-14/h3-11,13H,12H2,1-2H3,(H,19,22)/t13-/m0/s1. The molecule has 0 aliphatic rings. The summed E-state index contributed by atoms with van der Waals surface area (Å²) in [7, 11) is 1.95. The Morgan fingerprint density at radius 2 is 1.87 bits per heavy atom. The number of carbonyl (C=O) groups excluding carboxylic acids is 1. The molecule has 0 saturated carbocycles. The molecule has 1 atom stereocenters. The predicted molar refractivity (Wildman–Crippen MR) is 95.7 cm³/mol. The Morgan fingerprint density at radius 3 is 2.61 bits per heavy atom. The van der Waals surface area contributed by atoms with Crippen LogP contribution in [0.5, 0.6) is 0 Å². The van der Waals surface area contributed by atoms with Crippen LogP contribution in [0.2, 0.25) is 0 Å². The molecule has 0 aliphatic carbocycles. The highest BCUT2D eigenvalue weighted by Crippen LogP contribution is 2.28. The maximum atomic E-state index is 12.2. The lowest BCUT2D eigenvalue weighted by Gasteiger charge is -2.22. The zero-order valence-electron chi connectivity index (χ0n) is 13.2. The van der Waals surface area contributed by atoms with Crippen LogP contribution in [0.3, 0.4) is 0 Å². The molecule has 1 heterocycles. The molecule has 0 fully saturated rings. The van der Waals surface area contributed by atoms with Gasteiger partial charge in [0.2, 0.25) is 5.91 Å². The second-order valence-corrected chi connectivity index (χ2v) is 6.59. The zero-order valence-corrected chi connectivity index (χ0v) is 14.0. The van der Waals surface area contributed by atoms with Crippen LogP contribution in [0.4, 0.5) is 5.69 Å². The molecule has 1 amide bonds. The first kappa shape index (κ1) is 15.6. The Morgan fingerprint density at radius 1 is 1.17 bits per heavy atom. The van der Waals surface area contributed by atoms with E-state index in [-0.39, 0.29) is 11.9 Å². The number of likely N-dealkylation sites (N-methyl/N-ethyl adjacent to an activating group) is 1. The number of benzene rings is 2. The van der Waals surface area contributed by atoms with Gasteiger partial charge in [0.05, 0.1) is 22.8 Å². The van der Waals surface area contributed by atoms with E-state index in [9.17, 15) is 4.79 Å². The van der Waals surface area contributed by atoms with E-state index in [1.54, 1.807) is 11.3 Å². The number of rotatable bonds is 5. The van der Waals surface area contributed by atoms with Crippen molar-refractivity contribution in [2.45, 2.75) is 13.0 Å². The molecule has 1 N–H and O–H groups in total. The highest BCUT2D eigenvalue weighted by Gasteiger charge is 2.18. The summed E-state index contributed by atoms with van der Waals surface area (Å²) in [5.41, 5.74) is 1.83. The molecule has 3 rings (SSSR count). The maximum Gasteiger partial charge on any atom is 0.238 e. The molecule has 0 spiro atoms. The van der Waals surface area contributed by atoms with Gasteiger partial charge in [0.15, 0.2) is 0 Å². The fourth-order valence-electron chi connectivity index (χ4n) is 2.34. The number of aromatic nitrogens is 1. The van der Waals surface area contributed by atoms with Gasteiger partial charge in [-0.2, -0.15) is 0 Å². The summed E-state index contributed by atoms with van der Waals surface area (Å²) in [6.07, 6.45) is 0. The van der Waals surface area contributed by atoms with Crippen LogP contribution in [-0.2, 0) is 4.79 Å². The molecule has 1 aromatic heterocycles. The van der Waals surface area contributed by atoms with Crippen LogP contribution >= 0.6 is 11.3 Å². The fraction of sp³-hybridized carbons (Fsp3) is 0.222. The SMILES string of the molecule is C[C@@H](c1nc2ccccc2s1)N(C)CC(=O)Nc1ccccc1. The Hall–Kier alpha value is -2.24. The fourth-order valence-corrected chi connectivity index (χ4v) is 3.43. The third-order valence-electron chi connectivity index (χ3n) is 3.78. The number of thiazole rings is 1. The molecule has 0 saturated heterocycles. The van der Waals surface area contributed by atoms with E-state index in [0.717, 1.165) is 16.2 Å². The Kier molecular flexibility index (Phi) is 4.69. The van der Waals surface area contributed by atoms with E-state index in [1.807, 2.05) is 60.5 Å². The van der Waals surface area contributed by atoms with Crippen LogP contribution in [0, 0.1) is 0 Å². The number of hydrogen-bond acceptors (Lipinski definition) is 4. The third kappa shape index (κ3) is 3.75. The highest BCUT2D eigenvalue weighted by atomic mass is 32.1. The Balaban J connectivity index is 1.65. The van der Waals surface area contributed by atoms with Gasteiger partial charge < -0.3 is 5.32 Å². The normalized spacial score (nSPS) is 12.5. The number of anilines is 1. The molecular weight excluding hydrogens is 306 g/mol. The number of nitrogens with one attached hydrogen (secondary N) is 1. The summed E-state index contributed by atoms with van der Waals surface area (Å²) in [5.74, 6) is -0.0216. The summed E-state index contributed by atoms with van der Waals surface area (Å²) < 4.78 is 1.18. The number of hydrogen-bond donors (Lipinski definition) is 1. The van der Waals surface area contributed by atoms with Crippen molar-refractivity contribution >= 4 is 33.1 Å². The van der Waals surface area contributed by atoms with Crippen LogP contribution in [-0.4, -0.2) is 29.4 Å². The first-order valence-corrected chi connectivity index (χ1v) is 8.36. The van der Waals surface area contributed by atoms with E-state index in [2.05, 4.69) is 23.3 Å². The van der Waals surface area contributed by atoms with Gasteiger partial charge >= 0.3 is 0 Å². The molecule has 0 aliphatic heterocycles. The predicted octanol–water partition coefficient (Wildman–Crippen LogP) is 3.93. The number of fused-ring (bicyclic) bond motifs is 1. The van der Waals surface area contributed by atoms with Gasteiger partial charge in [0.25, 0.3) is 0 Å². The van der Waals surface area contributed by atoms with E-state index < -0.39 is 0 Å². The van der Waals surface area contributed by atoms with Crippen molar-refractivity contribution in [1.29, 1.82) is 0 Å². The molecular formula is C18H19N3OS. The molecule has 3 aromatic rings. The summed E-state index contributed by atoms with van der Waals surface area (Å²) >= 11 is 1.68. The van der Waals surface area contributed by atoms with Gasteiger partial charge in [-0.15, -0.1) is 11.3 Å². The summed E-state index contributed by atoms with van der Waals surface area (Å²) in [4.78, 5) is 18.8. The van der Waals surface area contributed by atoms with Crippen LogP contribution in [0.25, 0.3) is 10.2 Å². The Labute approximate surface area is 139 Å². The molecule has 2 aromatic carbocycles. The van der Waals surface area contributed by atoms with Gasteiger partial charge in [-0.25, -0.2) is 4.98 Å². The van der Waals surface area contributed by atoms with Gasteiger partial charge in [-0.05, 0) is 38.2 Å². The largest absolute Gasteiger partial charge is 0.325 e. The average Bonchev–Trinajstić information content (AvgIpc) is 2.98. The number of carbonyl (C=O) groups is 1. The topological polar surface area (TPSA) is 45.2 Å². The number of amides is 1. The van der Waals surface area contributed by atoms with Gasteiger partial charge in [0.1, 0.15) is 5.01 Å². The number of para-hydroxylation sites is 2. The minimum absolute atomic E-state index is 0.0216.